The standard InChI is InChI=1S/C12H23NO4.C11H11NO2/c1-7-9(10(14)16-6)13(8-2)11(15)17-12(3,4)5;1-2-8-4-3-5-9-6-12(11(13)14)7-10(8)9/h9H,7-8H2,1-6H3;2-5H,1,6-7H2,(H,13,14). The van der Waals surface area contributed by atoms with Crippen molar-refractivity contribution in [3.8, 4) is 0 Å². The van der Waals surface area contributed by atoms with Crippen LogP contribution in [0.1, 0.15) is 57.7 Å². The first-order chi connectivity index (χ1) is 14.5. The number of likely N-dealkylation sites (N-methyl/N-ethyl adjacent to an activating group) is 1. The lowest BCUT2D eigenvalue weighted by Crippen LogP contribution is -2.47. The lowest BCUT2D eigenvalue weighted by molar-refractivity contribution is -0.146. The Labute approximate surface area is 184 Å². The number of carbonyl (C=O) groups excluding carboxylic acids is 2. The van der Waals surface area contributed by atoms with Crippen molar-refractivity contribution in [2.24, 2.45) is 0 Å². The normalized spacial score (nSPS) is 13.3. The van der Waals surface area contributed by atoms with Crippen LogP contribution in [-0.4, -0.2) is 58.4 Å². The molecule has 1 aliphatic heterocycles. The lowest BCUT2D eigenvalue weighted by Gasteiger charge is -2.30. The van der Waals surface area contributed by atoms with Crippen LogP contribution < -0.4 is 0 Å². The number of nitrogens with zero attached hydrogens (tertiary/aromatic N) is 2. The third kappa shape index (κ3) is 7.31. The summed E-state index contributed by atoms with van der Waals surface area (Å²) in [4.78, 5) is 37.0. The van der Waals surface area contributed by atoms with Gasteiger partial charge >= 0.3 is 18.2 Å². The SMILES string of the molecule is C=Cc1cccc2c1CN(C(=O)O)C2.CCC(C(=O)OC)N(CC)C(=O)OC(C)(C)C. The summed E-state index contributed by atoms with van der Waals surface area (Å²) in [5.74, 6) is -0.416. The Bertz CT molecular complexity index is 800. The number of rotatable bonds is 5. The van der Waals surface area contributed by atoms with Crippen LogP contribution in [0.5, 0.6) is 0 Å². The average molecular weight is 435 g/mol. The fourth-order valence-corrected chi connectivity index (χ4v) is 3.22. The van der Waals surface area contributed by atoms with Crippen molar-refractivity contribution in [3.05, 3.63) is 41.5 Å². The Kier molecular flexibility index (Phi) is 9.55. The van der Waals surface area contributed by atoms with Crippen molar-refractivity contribution in [2.75, 3.05) is 13.7 Å². The van der Waals surface area contributed by atoms with E-state index >= 15 is 0 Å². The maximum atomic E-state index is 11.9. The van der Waals surface area contributed by atoms with E-state index in [1.807, 2.05) is 25.1 Å². The fraction of sp³-hybridized carbons (Fsp3) is 0.522. The summed E-state index contributed by atoms with van der Waals surface area (Å²) < 4.78 is 9.93. The van der Waals surface area contributed by atoms with Gasteiger partial charge in [-0.2, -0.15) is 0 Å². The summed E-state index contributed by atoms with van der Waals surface area (Å²) in [5, 5.41) is 8.85. The molecular formula is C23H34N2O6. The van der Waals surface area contributed by atoms with Crippen LogP contribution in [0.2, 0.25) is 0 Å². The summed E-state index contributed by atoms with van der Waals surface area (Å²) in [6, 6.07) is 5.27. The molecule has 8 nitrogen and oxygen atoms in total. The van der Waals surface area contributed by atoms with Crippen molar-refractivity contribution in [3.63, 3.8) is 0 Å². The Morgan fingerprint density at radius 1 is 1.26 bits per heavy atom. The van der Waals surface area contributed by atoms with Gasteiger partial charge in [0.05, 0.1) is 13.7 Å². The van der Waals surface area contributed by atoms with Crippen LogP contribution in [0.15, 0.2) is 24.8 Å². The highest BCUT2D eigenvalue weighted by atomic mass is 16.6. The minimum Gasteiger partial charge on any atom is -0.467 e. The maximum Gasteiger partial charge on any atom is 0.411 e. The monoisotopic (exact) mass is 434 g/mol. The Morgan fingerprint density at radius 2 is 1.90 bits per heavy atom. The molecule has 172 valence electrons. The van der Waals surface area contributed by atoms with E-state index in [9.17, 15) is 14.4 Å². The molecule has 2 rings (SSSR count). The van der Waals surface area contributed by atoms with E-state index in [0.29, 0.717) is 26.1 Å². The zero-order valence-corrected chi connectivity index (χ0v) is 19.3. The molecule has 31 heavy (non-hydrogen) atoms. The van der Waals surface area contributed by atoms with Crippen LogP contribution in [0.25, 0.3) is 6.08 Å². The van der Waals surface area contributed by atoms with E-state index in [2.05, 4.69) is 11.3 Å². The second-order valence-electron chi connectivity index (χ2n) is 8.04. The first-order valence-electron chi connectivity index (χ1n) is 10.3. The molecule has 0 bridgehead atoms. The molecule has 8 heteroatoms. The van der Waals surface area contributed by atoms with Gasteiger partial charge in [0.15, 0.2) is 0 Å². The zero-order valence-electron chi connectivity index (χ0n) is 19.3. The number of carbonyl (C=O) groups is 3. The molecule has 1 unspecified atom stereocenters. The smallest absolute Gasteiger partial charge is 0.411 e. The van der Waals surface area contributed by atoms with E-state index in [4.69, 9.17) is 9.84 Å². The summed E-state index contributed by atoms with van der Waals surface area (Å²) in [7, 11) is 1.31. The quantitative estimate of drug-likeness (QED) is 0.685. The van der Waals surface area contributed by atoms with Crippen LogP contribution in [0.4, 0.5) is 9.59 Å². The van der Waals surface area contributed by atoms with Crippen LogP contribution >= 0.6 is 0 Å². The number of methoxy groups -OCH3 is 1. The second-order valence-corrected chi connectivity index (χ2v) is 8.04. The Morgan fingerprint density at radius 3 is 2.35 bits per heavy atom. The maximum absolute atomic E-state index is 11.9. The highest BCUT2D eigenvalue weighted by Gasteiger charge is 2.31. The first kappa shape index (κ1) is 26.0. The molecule has 0 radical (unpaired) electrons. The number of amides is 2. The fourth-order valence-electron chi connectivity index (χ4n) is 3.22. The number of benzene rings is 1. The van der Waals surface area contributed by atoms with Gasteiger partial charge in [0.2, 0.25) is 0 Å². The number of ether oxygens (including phenoxy) is 2. The average Bonchev–Trinajstić information content (AvgIpc) is 3.15. The van der Waals surface area contributed by atoms with Crippen molar-refractivity contribution >= 4 is 24.2 Å². The van der Waals surface area contributed by atoms with Crippen molar-refractivity contribution in [1.29, 1.82) is 0 Å². The Hall–Kier alpha value is -3.03. The molecule has 1 aliphatic rings. The van der Waals surface area contributed by atoms with E-state index < -0.39 is 29.8 Å². The van der Waals surface area contributed by atoms with Gasteiger partial charge in [-0.3, -0.25) is 9.80 Å². The molecule has 1 aromatic carbocycles. The summed E-state index contributed by atoms with van der Waals surface area (Å²) in [6.45, 7) is 14.1. The summed E-state index contributed by atoms with van der Waals surface area (Å²) in [6.07, 6.45) is 0.915. The van der Waals surface area contributed by atoms with Crippen molar-refractivity contribution in [2.45, 2.75) is 65.8 Å². The minimum absolute atomic E-state index is 0.405. The summed E-state index contributed by atoms with van der Waals surface area (Å²) in [5.41, 5.74) is 2.64. The molecule has 0 aromatic heterocycles. The van der Waals surface area contributed by atoms with E-state index in [-0.39, 0.29) is 0 Å². The summed E-state index contributed by atoms with van der Waals surface area (Å²) >= 11 is 0. The lowest BCUT2D eigenvalue weighted by atomic mass is 10.0. The van der Waals surface area contributed by atoms with Gasteiger partial charge in [-0.05, 0) is 50.8 Å². The molecule has 1 atom stereocenters. The van der Waals surface area contributed by atoms with E-state index in [0.717, 1.165) is 16.7 Å². The highest BCUT2D eigenvalue weighted by molar-refractivity contribution is 5.81. The number of hydrogen-bond acceptors (Lipinski definition) is 5. The van der Waals surface area contributed by atoms with Crippen LogP contribution in [0, 0.1) is 0 Å². The molecule has 0 spiro atoms. The third-order valence-corrected chi connectivity index (χ3v) is 4.71. The van der Waals surface area contributed by atoms with Gasteiger partial charge in [0.25, 0.3) is 0 Å². The molecule has 2 amide bonds. The van der Waals surface area contributed by atoms with Crippen LogP contribution in [-0.2, 0) is 27.4 Å². The number of esters is 1. The predicted molar refractivity (Wildman–Crippen MR) is 119 cm³/mol. The largest absolute Gasteiger partial charge is 0.467 e. The predicted octanol–water partition coefficient (Wildman–Crippen LogP) is 4.52. The van der Waals surface area contributed by atoms with Crippen molar-refractivity contribution < 1.29 is 29.0 Å². The molecule has 0 fully saturated rings. The number of fused-ring (bicyclic) bond motifs is 1. The van der Waals surface area contributed by atoms with Crippen molar-refractivity contribution in [1.82, 2.24) is 9.80 Å². The van der Waals surface area contributed by atoms with Gasteiger partial charge < -0.3 is 14.6 Å². The van der Waals surface area contributed by atoms with Gasteiger partial charge in [0.1, 0.15) is 11.6 Å². The van der Waals surface area contributed by atoms with Gasteiger partial charge in [-0.25, -0.2) is 14.4 Å². The van der Waals surface area contributed by atoms with Gasteiger partial charge in [-0.1, -0.05) is 37.8 Å². The minimum atomic E-state index is -0.865. The molecule has 0 saturated heterocycles. The van der Waals surface area contributed by atoms with E-state index in [1.54, 1.807) is 33.8 Å². The molecule has 1 heterocycles. The molecule has 0 saturated carbocycles. The highest BCUT2D eigenvalue weighted by Crippen LogP contribution is 2.26. The van der Waals surface area contributed by atoms with E-state index in [1.165, 1.54) is 16.9 Å². The van der Waals surface area contributed by atoms with Crippen LogP contribution in [0.3, 0.4) is 0 Å². The topological polar surface area (TPSA) is 96.4 Å². The molecule has 1 N–H and O–H groups in total. The first-order valence-corrected chi connectivity index (χ1v) is 10.3. The van der Waals surface area contributed by atoms with Gasteiger partial charge in [-0.15, -0.1) is 0 Å². The number of carboxylic acid groups (broad SMARTS) is 1. The number of hydrogen-bond donors (Lipinski definition) is 1. The molecule has 1 aromatic rings. The zero-order chi connectivity index (χ0) is 23.8. The molecule has 0 aliphatic carbocycles. The van der Waals surface area contributed by atoms with Gasteiger partial charge in [0, 0.05) is 13.1 Å². The Balaban J connectivity index is 0.000000314. The second kappa shape index (κ2) is 11.4. The molecular weight excluding hydrogens is 400 g/mol. The third-order valence-electron chi connectivity index (χ3n) is 4.71.